The Balaban J connectivity index is 2.00. The fraction of sp³-hybridized carbons (Fsp3) is 0.100. The highest BCUT2D eigenvalue weighted by molar-refractivity contribution is 5.90. The molecular weight excluding hydrogens is 361 g/mol. The van der Waals surface area contributed by atoms with Crippen LogP contribution >= 0.6 is 0 Å². The topological polar surface area (TPSA) is 96.7 Å². The number of hydrogen-bond donors (Lipinski definition) is 1. The van der Waals surface area contributed by atoms with E-state index in [-0.39, 0.29) is 17.1 Å². The molecule has 0 atom stereocenters. The highest BCUT2D eigenvalue weighted by Crippen LogP contribution is 2.29. The van der Waals surface area contributed by atoms with Crippen LogP contribution < -0.4 is 0 Å². The standard InChI is InChI=1S/C20H14FN5O2/c1-11-18(20(27)28)26(15-5-6-17-14(7-15)10-25(2)24-17)19(23-11)12-3-4-13(9-22)16(21)8-12/h3-8,10H,1-2H3,(H,27,28). The number of imidazole rings is 1. The summed E-state index contributed by atoms with van der Waals surface area (Å²) in [5, 5.41) is 23.8. The number of benzene rings is 2. The lowest BCUT2D eigenvalue weighted by Gasteiger charge is -2.11. The molecule has 0 amide bonds. The maximum absolute atomic E-state index is 14.2. The van der Waals surface area contributed by atoms with Gasteiger partial charge in [0.15, 0.2) is 5.69 Å². The summed E-state index contributed by atoms with van der Waals surface area (Å²) in [5.41, 5.74) is 1.91. The molecule has 0 fully saturated rings. The van der Waals surface area contributed by atoms with Crippen LogP contribution in [0.3, 0.4) is 0 Å². The number of halogens is 1. The predicted octanol–water partition coefficient (Wildman–Crippen LogP) is 3.44. The van der Waals surface area contributed by atoms with Crippen LogP contribution in [-0.2, 0) is 7.05 Å². The first-order chi connectivity index (χ1) is 13.4. The number of rotatable bonds is 3. The van der Waals surface area contributed by atoms with Crippen LogP contribution in [0.5, 0.6) is 0 Å². The second-order valence-corrected chi connectivity index (χ2v) is 6.36. The number of nitrogens with zero attached hydrogens (tertiary/aromatic N) is 5. The van der Waals surface area contributed by atoms with Gasteiger partial charge in [-0.2, -0.15) is 10.4 Å². The number of hydrogen-bond acceptors (Lipinski definition) is 4. The second-order valence-electron chi connectivity index (χ2n) is 6.36. The number of aromatic nitrogens is 4. The molecule has 2 heterocycles. The largest absolute Gasteiger partial charge is 0.477 e. The molecule has 0 radical (unpaired) electrons. The average molecular weight is 375 g/mol. The van der Waals surface area contributed by atoms with Crippen molar-refractivity contribution < 1.29 is 14.3 Å². The molecule has 0 spiro atoms. The Morgan fingerprint density at radius 3 is 2.71 bits per heavy atom. The average Bonchev–Trinajstić information content (AvgIpc) is 3.19. The first kappa shape index (κ1) is 17.4. The van der Waals surface area contributed by atoms with Crippen molar-refractivity contribution >= 4 is 16.9 Å². The summed E-state index contributed by atoms with van der Waals surface area (Å²) in [6, 6.07) is 11.2. The molecular formula is C20H14FN5O2. The highest BCUT2D eigenvalue weighted by Gasteiger charge is 2.23. The van der Waals surface area contributed by atoms with Gasteiger partial charge in [0.05, 0.1) is 16.8 Å². The third-order valence-corrected chi connectivity index (χ3v) is 4.46. The Hall–Kier alpha value is -3.99. The molecule has 2 aromatic carbocycles. The van der Waals surface area contributed by atoms with E-state index in [0.29, 0.717) is 16.9 Å². The summed E-state index contributed by atoms with van der Waals surface area (Å²) in [6.45, 7) is 1.59. The molecule has 4 aromatic rings. The molecule has 0 saturated carbocycles. The Kier molecular flexibility index (Phi) is 3.93. The molecule has 7 nitrogen and oxygen atoms in total. The first-order valence-corrected chi connectivity index (χ1v) is 8.35. The van der Waals surface area contributed by atoms with Crippen molar-refractivity contribution in [1.29, 1.82) is 5.26 Å². The van der Waals surface area contributed by atoms with Crippen molar-refractivity contribution in [3.63, 3.8) is 0 Å². The first-order valence-electron chi connectivity index (χ1n) is 8.35. The van der Waals surface area contributed by atoms with E-state index in [1.54, 1.807) is 49.0 Å². The number of carboxylic acids is 1. The third-order valence-electron chi connectivity index (χ3n) is 4.46. The summed E-state index contributed by atoms with van der Waals surface area (Å²) in [6.07, 6.45) is 1.82. The van der Waals surface area contributed by atoms with E-state index in [0.717, 1.165) is 10.9 Å². The van der Waals surface area contributed by atoms with Crippen molar-refractivity contribution in [3.8, 4) is 23.1 Å². The minimum Gasteiger partial charge on any atom is -0.477 e. The lowest BCUT2D eigenvalue weighted by molar-refractivity contribution is 0.0687. The van der Waals surface area contributed by atoms with E-state index in [2.05, 4.69) is 10.1 Å². The fourth-order valence-corrected chi connectivity index (χ4v) is 3.25. The Morgan fingerprint density at radius 1 is 1.25 bits per heavy atom. The van der Waals surface area contributed by atoms with Crippen molar-refractivity contribution in [3.05, 3.63) is 65.4 Å². The molecule has 28 heavy (non-hydrogen) atoms. The van der Waals surface area contributed by atoms with Crippen LogP contribution in [0.1, 0.15) is 21.7 Å². The van der Waals surface area contributed by atoms with Crippen molar-refractivity contribution in [2.45, 2.75) is 6.92 Å². The monoisotopic (exact) mass is 375 g/mol. The SMILES string of the molecule is Cc1nc(-c2ccc(C#N)c(F)c2)n(-c2ccc3nn(C)cc3c2)c1C(=O)O. The van der Waals surface area contributed by atoms with E-state index < -0.39 is 11.8 Å². The van der Waals surface area contributed by atoms with Gasteiger partial charge in [-0.15, -0.1) is 0 Å². The number of carboxylic acid groups (broad SMARTS) is 1. The van der Waals surface area contributed by atoms with Crippen LogP contribution in [0.25, 0.3) is 28.0 Å². The van der Waals surface area contributed by atoms with Crippen LogP contribution in [0.15, 0.2) is 42.6 Å². The smallest absolute Gasteiger partial charge is 0.354 e. The van der Waals surface area contributed by atoms with Crippen molar-refractivity contribution in [2.24, 2.45) is 7.05 Å². The van der Waals surface area contributed by atoms with E-state index >= 15 is 0 Å². The zero-order valence-electron chi connectivity index (χ0n) is 15.0. The predicted molar refractivity (Wildman–Crippen MR) is 99.6 cm³/mol. The van der Waals surface area contributed by atoms with Gasteiger partial charge in [0, 0.05) is 29.9 Å². The van der Waals surface area contributed by atoms with Crippen LogP contribution in [0, 0.1) is 24.1 Å². The number of aromatic carboxylic acids is 1. The molecule has 0 aliphatic rings. The van der Waals surface area contributed by atoms with Gasteiger partial charge < -0.3 is 5.11 Å². The van der Waals surface area contributed by atoms with Gasteiger partial charge in [-0.05, 0) is 43.3 Å². The lowest BCUT2D eigenvalue weighted by atomic mass is 10.1. The van der Waals surface area contributed by atoms with Crippen molar-refractivity contribution in [1.82, 2.24) is 19.3 Å². The van der Waals surface area contributed by atoms with E-state index in [4.69, 9.17) is 5.26 Å². The van der Waals surface area contributed by atoms with E-state index in [1.165, 1.54) is 16.7 Å². The quantitative estimate of drug-likeness (QED) is 0.592. The normalized spacial score (nSPS) is 10.9. The minimum atomic E-state index is -1.14. The summed E-state index contributed by atoms with van der Waals surface area (Å²) in [7, 11) is 1.80. The number of fused-ring (bicyclic) bond motifs is 1. The van der Waals surface area contributed by atoms with Crippen molar-refractivity contribution in [2.75, 3.05) is 0 Å². The molecule has 0 aliphatic carbocycles. The third kappa shape index (κ3) is 2.70. The van der Waals surface area contributed by atoms with Gasteiger partial charge in [0.1, 0.15) is 17.7 Å². The molecule has 0 saturated heterocycles. The maximum Gasteiger partial charge on any atom is 0.354 e. The number of carbonyl (C=O) groups is 1. The summed E-state index contributed by atoms with van der Waals surface area (Å²) in [4.78, 5) is 16.3. The molecule has 1 N–H and O–H groups in total. The Labute approximate surface area is 158 Å². The van der Waals surface area contributed by atoms with Crippen LogP contribution in [0.4, 0.5) is 4.39 Å². The molecule has 0 aliphatic heterocycles. The molecule has 2 aromatic heterocycles. The van der Waals surface area contributed by atoms with Gasteiger partial charge in [0.25, 0.3) is 0 Å². The van der Waals surface area contributed by atoms with Gasteiger partial charge in [0.2, 0.25) is 0 Å². The molecule has 0 unspecified atom stereocenters. The lowest BCUT2D eigenvalue weighted by Crippen LogP contribution is -2.09. The highest BCUT2D eigenvalue weighted by atomic mass is 19.1. The van der Waals surface area contributed by atoms with Gasteiger partial charge in [-0.3, -0.25) is 9.25 Å². The van der Waals surface area contributed by atoms with Gasteiger partial charge >= 0.3 is 5.97 Å². The van der Waals surface area contributed by atoms with E-state index in [9.17, 15) is 14.3 Å². The van der Waals surface area contributed by atoms with Crippen LogP contribution in [0.2, 0.25) is 0 Å². The Morgan fingerprint density at radius 2 is 2.04 bits per heavy atom. The fourth-order valence-electron chi connectivity index (χ4n) is 3.25. The molecule has 4 rings (SSSR count). The van der Waals surface area contributed by atoms with Gasteiger partial charge in [-0.25, -0.2) is 14.2 Å². The summed E-state index contributed by atoms with van der Waals surface area (Å²) in [5.74, 6) is -1.55. The Bertz CT molecular complexity index is 1300. The molecule has 8 heteroatoms. The second kappa shape index (κ2) is 6.32. The summed E-state index contributed by atoms with van der Waals surface area (Å²) >= 11 is 0. The number of aryl methyl sites for hydroxylation is 2. The molecule has 0 bridgehead atoms. The molecule has 138 valence electrons. The maximum atomic E-state index is 14.2. The zero-order valence-corrected chi connectivity index (χ0v) is 15.0. The minimum absolute atomic E-state index is 0.0111. The summed E-state index contributed by atoms with van der Waals surface area (Å²) < 4.78 is 17.3. The number of nitriles is 1. The van der Waals surface area contributed by atoms with Crippen LogP contribution in [-0.4, -0.2) is 30.4 Å². The van der Waals surface area contributed by atoms with E-state index in [1.807, 2.05) is 6.20 Å². The van der Waals surface area contributed by atoms with Gasteiger partial charge in [-0.1, -0.05) is 0 Å². The zero-order chi connectivity index (χ0) is 20.0.